The second-order valence-electron chi connectivity index (χ2n) is 8.16. The molecule has 0 atom stereocenters. The molecule has 2 aromatic carbocycles. The summed E-state index contributed by atoms with van der Waals surface area (Å²) in [5, 5.41) is 4.20. The Morgan fingerprint density at radius 1 is 1.11 bits per heavy atom. The predicted octanol–water partition coefficient (Wildman–Crippen LogP) is 5.03. The molecule has 0 unspecified atom stereocenters. The first-order valence-electron chi connectivity index (χ1n) is 10.5. The summed E-state index contributed by atoms with van der Waals surface area (Å²) in [6, 6.07) is 12.6. The van der Waals surface area contributed by atoms with Crippen LogP contribution in [0.2, 0.25) is 5.02 Å². The number of fused-ring (bicyclic) bond motifs is 2. The van der Waals surface area contributed by atoms with Crippen molar-refractivity contribution in [3.8, 4) is 11.4 Å². The lowest BCUT2D eigenvalue weighted by Gasteiger charge is -2.24. The van der Waals surface area contributed by atoms with E-state index >= 15 is 0 Å². The highest BCUT2D eigenvalue weighted by molar-refractivity contribution is 6.31. The van der Waals surface area contributed by atoms with Gasteiger partial charge < -0.3 is 15.2 Å². The average Bonchev–Trinajstić information content (AvgIpc) is 3.32. The van der Waals surface area contributed by atoms with Crippen LogP contribution in [0.5, 0.6) is 0 Å². The second-order valence-corrected chi connectivity index (χ2v) is 8.60. The lowest BCUT2D eigenvalue weighted by atomic mass is 9.93. The van der Waals surface area contributed by atoms with Crippen LogP contribution in [-0.2, 0) is 6.42 Å². The fourth-order valence-electron chi connectivity index (χ4n) is 4.71. The Hall–Kier alpha value is -2.04. The molecule has 28 heavy (non-hydrogen) atoms. The minimum atomic E-state index is 0.733. The molecule has 0 spiro atoms. The number of nitrogens with one attached hydrogen (secondary N) is 2. The first-order chi connectivity index (χ1) is 13.8. The third-order valence-electron chi connectivity index (χ3n) is 6.29. The Balaban J connectivity index is 1.28. The van der Waals surface area contributed by atoms with Gasteiger partial charge in [0.2, 0.25) is 0 Å². The van der Waals surface area contributed by atoms with Crippen molar-refractivity contribution in [1.29, 1.82) is 0 Å². The van der Waals surface area contributed by atoms with Gasteiger partial charge in [-0.05, 0) is 93.1 Å². The Labute approximate surface area is 171 Å². The van der Waals surface area contributed by atoms with E-state index in [1.54, 1.807) is 0 Å². The molecule has 0 saturated carbocycles. The number of hydrogen-bond donors (Lipinski definition) is 2. The van der Waals surface area contributed by atoms with Gasteiger partial charge in [0.05, 0.1) is 11.0 Å². The molecule has 0 amide bonds. The van der Waals surface area contributed by atoms with Gasteiger partial charge >= 0.3 is 0 Å². The van der Waals surface area contributed by atoms with E-state index < -0.39 is 0 Å². The molecule has 5 rings (SSSR count). The number of hydrogen-bond acceptors (Lipinski definition) is 3. The van der Waals surface area contributed by atoms with Crippen LogP contribution in [0.3, 0.4) is 0 Å². The van der Waals surface area contributed by atoms with Gasteiger partial charge in [-0.2, -0.15) is 0 Å². The zero-order valence-electron chi connectivity index (χ0n) is 16.2. The van der Waals surface area contributed by atoms with E-state index in [9.17, 15) is 0 Å². The van der Waals surface area contributed by atoms with E-state index in [0.717, 1.165) is 46.3 Å². The summed E-state index contributed by atoms with van der Waals surface area (Å²) in [7, 11) is 0. The molecule has 2 aliphatic heterocycles. The normalized spacial score (nSPS) is 17.4. The van der Waals surface area contributed by atoms with E-state index in [2.05, 4.69) is 33.4 Å². The summed E-state index contributed by atoms with van der Waals surface area (Å²) in [6.45, 7) is 4.72. The average molecular weight is 395 g/mol. The molecule has 2 aliphatic rings. The summed E-state index contributed by atoms with van der Waals surface area (Å²) in [5.74, 6) is 1.84. The number of benzene rings is 2. The fourth-order valence-corrected chi connectivity index (χ4v) is 4.88. The van der Waals surface area contributed by atoms with Gasteiger partial charge in [0.1, 0.15) is 5.82 Å². The van der Waals surface area contributed by atoms with Gasteiger partial charge in [-0.25, -0.2) is 4.98 Å². The third-order valence-corrected chi connectivity index (χ3v) is 6.52. The Morgan fingerprint density at radius 2 is 2.00 bits per heavy atom. The number of aromatic amines is 1. The maximum absolute atomic E-state index is 6.10. The Kier molecular flexibility index (Phi) is 5.00. The van der Waals surface area contributed by atoms with Gasteiger partial charge in [0.15, 0.2) is 0 Å². The van der Waals surface area contributed by atoms with E-state index in [4.69, 9.17) is 16.6 Å². The van der Waals surface area contributed by atoms with Crippen molar-refractivity contribution >= 4 is 28.3 Å². The number of imidazole rings is 1. The molecule has 3 heterocycles. The molecule has 0 aliphatic carbocycles. The molecular weight excluding hydrogens is 368 g/mol. The molecule has 3 aromatic rings. The van der Waals surface area contributed by atoms with E-state index in [1.165, 1.54) is 56.6 Å². The summed E-state index contributed by atoms with van der Waals surface area (Å²) < 4.78 is 0. The molecule has 1 fully saturated rings. The minimum Gasteiger partial charge on any atom is -0.371 e. The highest BCUT2D eigenvalue weighted by Crippen LogP contribution is 2.33. The van der Waals surface area contributed by atoms with Gasteiger partial charge in [0.25, 0.3) is 0 Å². The molecule has 2 N–H and O–H groups in total. The van der Waals surface area contributed by atoms with Crippen LogP contribution >= 0.6 is 11.6 Å². The number of aromatic nitrogens is 2. The summed E-state index contributed by atoms with van der Waals surface area (Å²) >= 11 is 6.10. The maximum Gasteiger partial charge on any atom is 0.138 e. The molecule has 5 heteroatoms. The standard InChI is InChI=1S/C23H27ClN4/c24-19-4-5-20-21(15-19)27-23(26-20)18-3-6-22-17(14-18)9-13-28(22)12-1-2-16-7-10-25-11-8-16/h3-6,14-16,25H,1-2,7-13H2,(H,26,27). The minimum absolute atomic E-state index is 0.733. The summed E-state index contributed by atoms with van der Waals surface area (Å²) in [6.07, 6.45) is 6.50. The lowest BCUT2D eigenvalue weighted by molar-refractivity contribution is 0.348. The van der Waals surface area contributed by atoms with Crippen LogP contribution in [0.4, 0.5) is 5.69 Å². The lowest BCUT2D eigenvalue weighted by Crippen LogP contribution is -2.28. The number of piperidine rings is 1. The largest absolute Gasteiger partial charge is 0.371 e. The monoisotopic (exact) mass is 394 g/mol. The van der Waals surface area contributed by atoms with Crippen molar-refractivity contribution in [2.24, 2.45) is 5.92 Å². The zero-order valence-corrected chi connectivity index (χ0v) is 16.9. The molecule has 146 valence electrons. The molecule has 1 saturated heterocycles. The van der Waals surface area contributed by atoms with Crippen LogP contribution in [-0.4, -0.2) is 36.1 Å². The highest BCUT2D eigenvalue weighted by atomic mass is 35.5. The predicted molar refractivity (Wildman–Crippen MR) is 117 cm³/mol. The van der Waals surface area contributed by atoms with Crippen LogP contribution in [0.25, 0.3) is 22.4 Å². The summed E-state index contributed by atoms with van der Waals surface area (Å²) in [5.41, 5.74) is 5.95. The third kappa shape index (κ3) is 3.63. The fraction of sp³-hybridized carbons (Fsp3) is 0.435. The zero-order chi connectivity index (χ0) is 18.9. The molecule has 1 aromatic heterocycles. The molecule has 4 nitrogen and oxygen atoms in total. The number of anilines is 1. The second kappa shape index (κ2) is 7.76. The highest BCUT2D eigenvalue weighted by Gasteiger charge is 2.21. The smallest absolute Gasteiger partial charge is 0.138 e. The van der Waals surface area contributed by atoms with Crippen LogP contribution in [0.1, 0.15) is 31.2 Å². The van der Waals surface area contributed by atoms with E-state index in [1.807, 2.05) is 18.2 Å². The summed E-state index contributed by atoms with van der Waals surface area (Å²) in [4.78, 5) is 10.7. The van der Waals surface area contributed by atoms with Crippen LogP contribution in [0, 0.1) is 5.92 Å². The van der Waals surface area contributed by atoms with Crippen LogP contribution < -0.4 is 10.2 Å². The van der Waals surface area contributed by atoms with Crippen molar-refractivity contribution in [1.82, 2.24) is 15.3 Å². The Morgan fingerprint density at radius 3 is 2.89 bits per heavy atom. The molecule has 0 radical (unpaired) electrons. The van der Waals surface area contributed by atoms with Crippen molar-refractivity contribution < 1.29 is 0 Å². The Bertz CT molecular complexity index is 974. The SMILES string of the molecule is Clc1ccc2nc(-c3ccc4c(c3)CCN4CCCC3CCNCC3)[nH]c2c1. The molecular formula is C23H27ClN4. The van der Waals surface area contributed by atoms with Gasteiger partial charge in [0, 0.05) is 29.4 Å². The van der Waals surface area contributed by atoms with Crippen molar-refractivity contribution in [3.05, 3.63) is 47.0 Å². The van der Waals surface area contributed by atoms with E-state index in [-0.39, 0.29) is 0 Å². The van der Waals surface area contributed by atoms with Gasteiger partial charge in [-0.3, -0.25) is 0 Å². The first kappa shape index (κ1) is 18.0. The number of H-pyrrole nitrogens is 1. The topological polar surface area (TPSA) is 44.0 Å². The van der Waals surface area contributed by atoms with Crippen molar-refractivity contribution in [2.75, 3.05) is 31.1 Å². The van der Waals surface area contributed by atoms with E-state index in [0.29, 0.717) is 0 Å². The van der Waals surface area contributed by atoms with Gasteiger partial charge in [-0.1, -0.05) is 11.6 Å². The number of rotatable bonds is 5. The first-order valence-corrected chi connectivity index (χ1v) is 10.9. The van der Waals surface area contributed by atoms with Crippen molar-refractivity contribution in [2.45, 2.75) is 32.1 Å². The maximum atomic E-state index is 6.10. The number of nitrogens with zero attached hydrogens (tertiary/aromatic N) is 2. The van der Waals surface area contributed by atoms with Crippen LogP contribution in [0.15, 0.2) is 36.4 Å². The van der Waals surface area contributed by atoms with Crippen molar-refractivity contribution in [3.63, 3.8) is 0 Å². The quantitative estimate of drug-likeness (QED) is 0.638. The molecule has 0 bridgehead atoms. The van der Waals surface area contributed by atoms with Gasteiger partial charge in [-0.15, -0.1) is 0 Å². The number of halogens is 1.